The molecule has 1 heterocycles. The number of carboxylic acids is 1. The summed E-state index contributed by atoms with van der Waals surface area (Å²) in [5, 5.41) is 24.8. The van der Waals surface area contributed by atoms with Gasteiger partial charge in [-0.05, 0) is 101 Å². The van der Waals surface area contributed by atoms with Crippen molar-refractivity contribution in [2.75, 3.05) is 11.1 Å². The molecule has 0 radical (unpaired) electrons. The molecule has 0 spiro atoms. The Bertz CT molecular complexity index is 2230. The topological polar surface area (TPSA) is 126 Å². The molecule has 1 saturated heterocycles. The summed E-state index contributed by atoms with van der Waals surface area (Å²) in [6.45, 7) is 2.41. The summed E-state index contributed by atoms with van der Waals surface area (Å²) in [7, 11) is 0. The molecule has 0 aromatic heterocycles. The van der Waals surface area contributed by atoms with Crippen molar-refractivity contribution < 1.29 is 34.0 Å². The number of aromatic carboxylic acids is 1. The van der Waals surface area contributed by atoms with Crippen molar-refractivity contribution in [3.05, 3.63) is 179 Å². The number of hydrogen-bond acceptors (Lipinski definition) is 7. The predicted octanol–water partition coefficient (Wildman–Crippen LogP) is 10.2. The van der Waals surface area contributed by atoms with Crippen LogP contribution in [-0.2, 0) is 22.6 Å². The van der Waals surface area contributed by atoms with Gasteiger partial charge in [0.05, 0.1) is 24.4 Å². The number of hydrogen-bond donors (Lipinski definition) is 4. The van der Waals surface area contributed by atoms with Crippen LogP contribution in [0.4, 0.5) is 10.5 Å². The number of ether oxygens (including phenoxy) is 3. The molecule has 7 rings (SSSR count). The van der Waals surface area contributed by atoms with E-state index >= 15 is 0 Å². The number of aliphatic hydroxyl groups excluding tert-OH is 1. The third kappa shape index (κ3) is 9.84. The minimum Gasteiger partial charge on any atom is -0.478 e. The minimum atomic E-state index is -0.956. The monoisotopic (exact) mass is 766 g/mol. The Morgan fingerprint density at radius 1 is 0.714 bits per heavy atom. The van der Waals surface area contributed by atoms with Crippen molar-refractivity contribution in [1.29, 1.82) is 0 Å². The first kappa shape index (κ1) is 38.4. The van der Waals surface area contributed by atoms with Crippen molar-refractivity contribution in [3.8, 4) is 22.6 Å². The SMILES string of the molecule is C[C@@H]1[C@H](CSc2ccc(C(=O)O)cc2)O[C@H](c2cccc(-c3cccc(CNC(=O)Nc4ccc(Oc5ccccc5)cc4)c3)c2)O[C@@H]1c1ccc(CO)cc1. The molecule has 10 heteroatoms. The van der Waals surface area contributed by atoms with Crippen molar-refractivity contribution in [1.82, 2.24) is 5.32 Å². The van der Waals surface area contributed by atoms with Crippen LogP contribution in [-0.4, -0.2) is 34.1 Å². The number of nitrogens with one attached hydrogen (secondary N) is 2. The van der Waals surface area contributed by atoms with Gasteiger partial charge in [-0.1, -0.05) is 85.8 Å². The Kier molecular flexibility index (Phi) is 12.4. The average Bonchev–Trinajstić information content (AvgIpc) is 3.24. The van der Waals surface area contributed by atoms with Gasteiger partial charge in [0.25, 0.3) is 0 Å². The molecular formula is C46H42N2O7S. The smallest absolute Gasteiger partial charge is 0.335 e. The van der Waals surface area contributed by atoms with Crippen molar-refractivity contribution >= 4 is 29.4 Å². The molecule has 0 bridgehead atoms. The fourth-order valence-electron chi connectivity index (χ4n) is 6.50. The van der Waals surface area contributed by atoms with Crippen LogP contribution in [0.5, 0.6) is 11.5 Å². The van der Waals surface area contributed by atoms with Crippen molar-refractivity contribution in [2.24, 2.45) is 5.92 Å². The maximum absolute atomic E-state index is 12.8. The van der Waals surface area contributed by atoms with E-state index in [4.69, 9.17) is 14.2 Å². The molecule has 6 aromatic rings. The Morgan fingerprint density at radius 2 is 1.41 bits per heavy atom. The van der Waals surface area contributed by atoms with Crippen LogP contribution in [0.15, 0.2) is 157 Å². The van der Waals surface area contributed by atoms with E-state index in [9.17, 15) is 19.8 Å². The predicted molar refractivity (Wildman–Crippen MR) is 218 cm³/mol. The molecule has 4 atom stereocenters. The van der Waals surface area contributed by atoms with Crippen LogP contribution in [0.3, 0.4) is 0 Å². The number of benzene rings is 6. The number of carbonyl (C=O) groups is 2. The first-order chi connectivity index (χ1) is 27.3. The third-order valence-corrected chi connectivity index (χ3v) is 10.7. The van der Waals surface area contributed by atoms with Gasteiger partial charge in [-0.3, -0.25) is 0 Å². The van der Waals surface area contributed by atoms with Gasteiger partial charge in [0.15, 0.2) is 6.29 Å². The summed E-state index contributed by atoms with van der Waals surface area (Å²) in [5.41, 5.74) is 6.49. The Balaban J connectivity index is 1.02. The molecule has 1 aliphatic heterocycles. The number of para-hydroxylation sites is 1. The molecule has 0 aliphatic carbocycles. The molecule has 0 saturated carbocycles. The molecule has 6 aromatic carbocycles. The number of thioether (sulfide) groups is 1. The van der Waals surface area contributed by atoms with Crippen LogP contribution < -0.4 is 15.4 Å². The van der Waals surface area contributed by atoms with Gasteiger partial charge in [0.2, 0.25) is 0 Å². The first-order valence-corrected chi connectivity index (χ1v) is 19.3. The maximum atomic E-state index is 12.8. The van der Waals surface area contributed by atoms with E-state index in [0.29, 0.717) is 23.7 Å². The second-order valence-corrected chi connectivity index (χ2v) is 14.6. The zero-order valence-electron chi connectivity index (χ0n) is 30.7. The molecule has 284 valence electrons. The lowest BCUT2D eigenvalue weighted by molar-refractivity contribution is -0.268. The van der Waals surface area contributed by atoms with E-state index < -0.39 is 12.3 Å². The zero-order chi connectivity index (χ0) is 38.9. The molecule has 1 fully saturated rings. The number of carboxylic acid groups (broad SMARTS) is 1. The summed E-state index contributed by atoms with van der Waals surface area (Å²) >= 11 is 1.61. The van der Waals surface area contributed by atoms with E-state index in [1.165, 1.54) is 0 Å². The van der Waals surface area contributed by atoms with E-state index in [1.54, 1.807) is 36.0 Å². The summed E-state index contributed by atoms with van der Waals surface area (Å²) in [6.07, 6.45) is -1.11. The lowest BCUT2D eigenvalue weighted by atomic mass is 9.91. The molecule has 2 amide bonds. The Morgan fingerprint density at radius 3 is 2.12 bits per heavy atom. The normalized spacial score (nSPS) is 17.8. The van der Waals surface area contributed by atoms with Crippen LogP contribution in [0.2, 0.25) is 0 Å². The summed E-state index contributed by atoms with van der Waals surface area (Å²) < 4.78 is 19.2. The van der Waals surface area contributed by atoms with Crippen LogP contribution in [0.1, 0.15) is 51.9 Å². The second-order valence-electron chi connectivity index (χ2n) is 13.5. The number of amides is 2. The Hall–Kier alpha value is -5.91. The number of aliphatic hydroxyl groups is 1. The van der Waals surface area contributed by atoms with Gasteiger partial charge >= 0.3 is 12.0 Å². The van der Waals surface area contributed by atoms with Gasteiger partial charge in [-0.25, -0.2) is 9.59 Å². The number of carbonyl (C=O) groups excluding carboxylic acids is 1. The van der Waals surface area contributed by atoms with Crippen LogP contribution in [0, 0.1) is 5.92 Å². The molecule has 9 nitrogen and oxygen atoms in total. The molecule has 1 aliphatic rings. The van der Waals surface area contributed by atoms with Gasteiger partial charge in [-0.15, -0.1) is 11.8 Å². The van der Waals surface area contributed by atoms with E-state index in [2.05, 4.69) is 29.7 Å². The number of anilines is 1. The van der Waals surface area contributed by atoms with Crippen molar-refractivity contribution in [2.45, 2.75) is 43.5 Å². The fourth-order valence-corrected chi connectivity index (χ4v) is 7.56. The summed E-state index contributed by atoms with van der Waals surface area (Å²) in [6, 6.07) is 47.2. The zero-order valence-corrected chi connectivity index (χ0v) is 31.5. The number of rotatable bonds is 13. The van der Waals surface area contributed by atoms with Crippen molar-refractivity contribution in [3.63, 3.8) is 0 Å². The lowest BCUT2D eigenvalue weighted by Crippen LogP contribution is -2.38. The van der Waals surface area contributed by atoms with Gasteiger partial charge in [0.1, 0.15) is 11.5 Å². The van der Waals surface area contributed by atoms with E-state index in [-0.39, 0.29) is 36.3 Å². The lowest BCUT2D eigenvalue weighted by Gasteiger charge is -2.41. The largest absolute Gasteiger partial charge is 0.478 e. The highest BCUT2D eigenvalue weighted by Crippen LogP contribution is 2.43. The summed E-state index contributed by atoms with van der Waals surface area (Å²) in [5.74, 6) is 1.09. The quantitative estimate of drug-likeness (QED) is 0.0856. The van der Waals surface area contributed by atoms with Gasteiger partial charge in [-0.2, -0.15) is 0 Å². The van der Waals surface area contributed by atoms with Crippen LogP contribution >= 0.6 is 11.8 Å². The molecular weight excluding hydrogens is 725 g/mol. The molecule has 0 unspecified atom stereocenters. The highest BCUT2D eigenvalue weighted by atomic mass is 32.2. The van der Waals surface area contributed by atoms with E-state index in [1.807, 2.05) is 115 Å². The van der Waals surface area contributed by atoms with Gasteiger partial charge in [0, 0.05) is 34.4 Å². The fraction of sp³-hybridized carbons (Fsp3) is 0.174. The van der Waals surface area contributed by atoms with E-state index in [0.717, 1.165) is 44.0 Å². The first-order valence-electron chi connectivity index (χ1n) is 18.3. The van der Waals surface area contributed by atoms with Crippen LogP contribution in [0.25, 0.3) is 11.1 Å². The summed E-state index contributed by atoms with van der Waals surface area (Å²) in [4.78, 5) is 25.1. The average molecular weight is 767 g/mol. The molecule has 56 heavy (non-hydrogen) atoms. The Labute approximate surface area is 330 Å². The second kappa shape index (κ2) is 18.1. The van der Waals surface area contributed by atoms with Gasteiger partial charge < -0.3 is 35.1 Å². The molecule has 4 N–H and O–H groups in total. The standard InChI is InChI=1S/C46H42N2O7S/c1-30-42(29-56-41-23-17-34(18-24-41)44(50)51)54-45(55-43(30)33-15-13-31(28-49)14-16-33)37-10-6-9-36(26-37)35-8-5-7-32(25-35)27-47-46(52)48-38-19-21-40(22-20-38)53-39-11-3-2-4-12-39/h2-26,30,42-43,45,49H,27-29H2,1H3,(H,50,51)(H2,47,48,52)/t30-,42+,43+,45+/m1/s1. The third-order valence-electron chi connectivity index (χ3n) is 9.60. The number of urea groups is 1. The highest BCUT2D eigenvalue weighted by Gasteiger charge is 2.38. The highest BCUT2D eigenvalue weighted by molar-refractivity contribution is 7.99. The minimum absolute atomic E-state index is 0.00500. The maximum Gasteiger partial charge on any atom is 0.335 e.